The van der Waals surface area contributed by atoms with Crippen molar-refractivity contribution in [3.8, 4) is 0 Å². The molecule has 0 aliphatic rings. The van der Waals surface area contributed by atoms with E-state index in [1.54, 1.807) is 0 Å². The minimum Gasteiger partial charge on any atom is -0.619 e. The molecule has 0 atom stereocenters. The Kier molecular flexibility index (Phi) is 1850. The topological polar surface area (TPSA) is 111 Å². The van der Waals surface area contributed by atoms with Gasteiger partial charge in [0.15, 0.2) is 0 Å². The molecule has 0 heterocycles. The molecule has 0 aliphatic carbocycles. The van der Waals surface area contributed by atoms with E-state index in [4.69, 9.17) is 0 Å². The van der Waals surface area contributed by atoms with E-state index in [9.17, 15) is 0 Å². The predicted octanol–water partition coefficient (Wildman–Crippen LogP) is -17.7. The van der Waals surface area contributed by atoms with E-state index < -0.39 is 0 Å². The number of hydrogen-bond donors (Lipinski definition) is 4. The third kappa shape index (κ3) is 276. The summed E-state index contributed by atoms with van der Waals surface area (Å²) >= 11 is 0. The van der Waals surface area contributed by atoms with Crippen LogP contribution in [-0.4, -0.2) is 49.3 Å². The Morgan fingerprint density at radius 2 is 0.417 bits per heavy atom. The molecule has 0 aromatic carbocycles. The summed E-state index contributed by atoms with van der Waals surface area (Å²) in [5.74, 6) is 0. The van der Waals surface area contributed by atoms with Gasteiger partial charge in [-0.25, -0.2) is 31.9 Å². The SMILES string of the molecule is [AlH6-3].[B-][NH3+].[B-][NH3+].[B-][NH3+].[B-][NH3+].[Li+].[Li+].[Li+]. The fourth-order valence-corrected chi connectivity index (χ4v) is 0. The second kappa shape index (κ2) is 353. The monoisotopic (exact) mass is 166 g/mol. The van der Waals surface area contributed by atoms with Gasteiger partial charge in [0.2, 0.25) is 0 Å². The molecule has 0 unspecified atom stereocenters. The van der Waals surface area contributed by atoms with Crippen LogP contribution < -0.4 is 79.2 Å². The molecule has 0 aromatic heterocycles. The van der Waals surface area contributed by atoms with Crippen molar-refractivity contribution in [3.05, 3.63) is 0 Å². The molecule has 12 heteroatoms. The van der Waals surface area contributed by atoms with Gasteiger partial charge < -0.3 is 22.6 Å². The Morgan fingerprint density at radius 3 is 0.417 bits per heavy atom. The van der Waals surface area contributed by atoms with E-state index in [-0.39, 0.29) is 73.9 Å². The molecule has 0 saturated carbocycles. The van der Waals surface area contributed by atoms with Gasteiger partial charge in [0.25, 0.3) is 0 Å². The number of hydrogen-bond acceptors (Lipinski definition) is 0. The summed E-state index contributed by atoms with van der Waals surface area (Å²) in [5, 5.41) is 0. The van der Waals surface area contributed by atoms with Crippen molar-refractivity contribution in [1.82, 2.24) is 0 Å². The Bertz CT molecular complexity index is 22.3. The van der Waals surface area contributed by atoms with E-state index in [0.29, 0.717) is 0 Å². The molecule has 0 amide bonds. The van der Waals surface area contributed by atoms with Gasteiger partial charge in [0.05, 0.1) is 0 Å². The van der Waals surface area contributed by atoms with Crippen LogP contribution in [0.15, 0.2) is 0 Å². The standard InChI is InChI=1S/Al.4BH3N.3Li.6H/c;4*1-2;;;;;;;;;/h;4*2H3;;;;;;;;;/q-3;;;;;3*+1;;;;;;. The Balaban J connectivity index is -0.00000000267. The largest absolute Gasteiger partial charge is 1.00 e. The Morgan fingerprint density at radius 1 is 0.417 bits per heavy atom. The maximum atomic E-state index is 4.25. The molecule has 12 N–H and O–H groups in total. The summed E-state index contributed by atoms with van der Waals surface area (Å²) in [7, 11) is 17.0. The van der Waals surface area contributed by atoms with Crippen molar-refractivity contribution in [2.75, 3.05) is 0 Å². The van der Waals surface area contributed by atoms with Crippen LogP contribution >= 0.6 is 0 Å². The van der Waals surface area contributed by atoms with Crippen LogP contribution in [0.25, 0.3) is 0 Å². The van der Waals surface area contributed by atoms with Crippen molar-refractivity contribution in [1.29, 1.82) is 0 Å². The minimum absolute atomic E-state index is 0. The zero-order valence-corrected chi connectivity index (χ0v) is 8.14. The van der Waals surface area contributed by atoms with Crippen LogP contribution in [0.3, 0.4) is 0 Å². The predicted molar refractivity (Wildman–Crippen MR) is 48.7 cm³/mol. The summed E-state index contributed by atoms with van der Waals surface area (Å²) in [6.45, 7) is 0. The average molecular weight is 165 g/mol. The average Bonchev–Trinajstić information content (AvgIpc) is 2.03. The first kappa shape index (κ1) is 63.0. The van der Waals surface area contributed by atoms with Crippen LogP contribution in [0.2, 0.25) is 0 Å². The van der Waals surface area contributed by atoms with Gasteiger partial charge in [-0.2, -0.15) is 0 Å². The Hall–Kier alpha value is 2.42. The maximum Gasteiger partial charge on any atom is 1.00 e. The van der Waals surface area contributed by atoms with Crippen molar-refractivity contribution in [3.63, 3.8) is 0 Å². The molecular weight excluding hydrogens is 147 g/mol. The van der Waals surface area contributed by atoms with Crippen molar-refractivity contribution in [2.24, 2.45) is 0 Å². The number of rotatable bonds is 0. The molecule has 0 aliphatic heterocycles. The first-order valence-corrected chi connectivity index (χ1v) is 1.63. The summed E-state index contributed by atoms with van der Waals surface area (Å²) < 4.78 is 0. The van der Waals surface area contributed by atoms with Crippen molar-refractivity contribution in [2.45, 2.75) is 0 Å². The molecule has 0 saturated heterocycles. The van der Waals surface area contributed by atoms with Crippen LogP contribution in [-0.2, 0) is 0 Å². The van der Waals surface area contributed by atoms with Gasteiger partial charge >= 0.3 is 73.9 Å². The molecule has 56 valence electrons. The third-order valence-electron chi connectivity index (χ3n) is 0. The molecular formula is H18AlB4Li3N4. The summed E-state index contributed by atoms with van der Waals surface area (Å²) in [6, 6.07) is 0. The van der Waals surface area contributed by atoms with E-state index in [1.807, 2.05) is 0 Å². The van der Waals surface area contributed by atoms with E-state index in [1.165, 1.54) is 0 Å². The zero-order valence-electron chi connectivity index (χ0n) is 8.14. The zero-order chi connectivity index (χ0) is 8.00. The third-order valence-corrected chi connectivity index (χ3v) is 0. The second-order valence-electron chi connectivity index (χ2n) is 0. The maximum absolute atomic E-state index is 4.25. The van der Waals surface area contributed by atoms with Crippen LogP contribution in [0.1, 0.15) is 0 Å². The van der Waals surface area contributed by atoms with Gasteiger partial charge in [-0.05, 0) is 0 Å². The van der Waals surface area contributed by atoms with Crippen LogP contribution in [0.4, 0.5) is 0 Å². The Labute approximate surface area is 127 Å². The normalized spacial score (nSPS) is 2.00. The van der Waals surface area contributed by atoms with Crippen LogP contribution in [0.5, 0.6) is 0 Å². The molecule has 4 nitrogen and oxygen atoms in total. The molecule has 12 radical (unpaired) electrons. The van der Waals surface area contributed by atoms with Gasteiger partial charge in [-0.3, -0.25) is 0 Å². The van der Waals surface area contributed by atoms with E-state index in [2.05, 4.69) is 54.5 Å². The fraction of sp³-hybridized carbons (Fsp3) is 0. The quantitative estimate of drug-likeness (QED) is 0.256. The van der Waals surface area contributed by atoms with Crippen LogP contribution in [0, 0.1) is 0 Å². The smallest absolute Gasteiger partial charge is 0.619 e. The molecule has 12 heavy (non-hydrogen) atoms. The molecule has 0 fully saturated rings. The van der Waals surface area contributed by atoms with Crippen molar-refractivity contribution < 1.29 is 79.2 Å². The van der Waals surface area contributed by atoms with Gasteiger partial charge in [0.1, 0.15) is 0 Å². The fourth-order valence-electron chi connectivity index (χ4n) is 0. The summed E-state index contributed by atoms with van der Waals surface area (Å²) in [6.07, 6.45) is 0. The van der Waals surface area contributed by atoms with Gasteiger partial charge in [0, 0.05) is 0 Å². The summed E-state index contributed by atoms with van der Waals surface area (Å²) in [4.78, 5) is 0. The first-order chi connectivity index (χ1) is 4.00. The number of quaternary nitrogens is 4. The molecule has 0 rings (SSSR count). The van der Waals surface area contributed by atoms with E-state index in [0.717, 1.165) is 0 Å². The van der Waals surface area contributed by atoms with E-state index >= 15 is 0 Å². The first-order valence-electron chi connectivity index (χ1n) is 1.63. The summed E-state index contributed by atoms with van der Waals surface area (Å²) in [5.41, 5.74) is 11.0. The van der Waals surface area contributed by atoms with Gasteiger partial charge in [-0.1, -0.05) is 0 Å². The molecule has 0 spiro atoms. The second-order valence-corrected chi connectivity index (χ2v) is 0. The minimum atomic E-state index is 0. The van der Waals surface area contributed by atoms with Gasteiger partial charge in [-0.15, -0.1) is 0 Å². The van der Waals surface area contributed by atoms with Crippen molar-refractivity contribution >= 4 is 49.3 Å². The molecule has 0 aromatic rings. The molecule has 0 bridgehead atoms.